The van der Waals surface area contributed by atoms with Gasteiger partial charge in [0.05, 0.1) is 19.4 Å². The maximum absolute atomic E-state index is 12.6. The maximum atomic E-state index is 12.6. The van der Waals surface area contributed by atoms with E-state index in [4.69, 9.17) is 4.74 Å². The van der Waals surface area contributed by atoms with E-state index in [1.165, 1.54) is 7.11 Å². The summed E-state index contributed by atoms with van der Waals surface area (Å²) in [6.07, 6.45) is 0.995. The van der Waals surface area contributed by atoms with Crippen LogP contribution in [-0.4, -0.2) is 25.5 Å². The molecule has 5 heteroatoms. The van der Waals surface area contributed by atoms with Crippen LogP contribution in [0.5, 0.6) is 0 Å². The monoisotopic (exact) mass is 315 g/mol. The molecule has 1 aromatic carbocycles. The van der Waals surface area contributed by atoms with E-state index < -0.39 is 0 Å². The van der Waals surface area contributed by atoms with E-state index in [0.717, 1.165) is 16.1 Å². The Kier molecular flexibility index (Phi) is 4.24. The first-order valence-corrected chi connectivity index (χ1v) is 8.08. The maximum Gasteiger partial charge on any atom is 0.313 e. The van der Waals surface area contributed by atoms with Crippen molar-refractivity contribution in [3.05, 3.63) is 52.2 Å². The van der Waals surface area contributed by atoms with E-state index in [9.17, 15) is 9.59 Å². The Labute approximate surface area is 133 Å². The third kappa shape index (κ3) is 2.76. The quantitative estimate of drug-likeness (QED) is 0.818. The van der Waals surface area contributed by atoms with Crippen LogP contribution < -0.4 is 4.90 Å². The fourth-order valence-corrected chi connectivity index (χ4v) is 3.56. The lowest BCUT2D eigenvalue weighted by Crippen LogP contribution is -2.39. The van der Waals surface area contributed by atoms with Crippen molar-refractivity contribution in [1.29, 1.82) is 0 Å². The van der Waals surface area contributed by atoms with Gasteiger partial charge in [-0.15, -0.1) is 11.3 Å². The molecule has 3 rings (SSSR count). The van der Waals surface area contributed by atoms with Crippen LogP contribution in [0.25, 0.3) is 0 Å². The minimum Gasteiger partial charge on any atom is -0.469 e. The van der Waals surface area contributed by atoms with Crippen LogP contribution in [0.4, 0.5) is 5.69 Å². The fourth-order valence-electron chi connectivity index (χ4n) is 2.87. The van der Waals surface area contributed by atoms with Crippen LogP contribution in [0.2, 0.25) is 0 Å². The Morgan fingerprint density at radius 3 is 2.82 bits per heavy atom. The summed E-state index contributed by atoms with van der Waals surface area (Å²) in [4.78, 5) is 27.4. The van der Waals surface area contributed by atoms with Gasteiger partial charge < -0.3 is 9.64 Å². The van der Waals surface area contributed by atoms with Gasteiger partial charge in [-0.3, -0.25) is 9.59 Å². The molecule has 0 unspecified atom stereocenters. The van der Waals surface area contributed by atoms with Gasteiger partial charge in [-0.05, 0) is 29.5 Å². The molecule has 0 spiro atoms. The van der Waals surface area contributed by atoms with Crippen LogP contribution in [0, 0.1) is 0 Å². The zero-order chi connectivity index (χ0) is 15.5. The van der Waals surface area contributed by atoms with Gasteiger partial charge in [0.25, 0.3) is 0 Å². The van der Waals surface area contributed by atoms with Gasteiger partial charge in [-0.25, -0.2) is 0 Å². The van der Waals surface area contributed by atoms with Crippen molar-refractivity contribution in [3.8, 4) is 0 Å². The Hall–Kier alpha value is -2.14. The van der Waals surface area contributed by atoms with Crippen molar-refractivity contribution in [1.82, 2.24) is 0 Å². The number of rotatable bonds is 3. The molecule has 0 radical (unpaired) electrons. The first kappa shape index (κ1) is 14.8. The van der Waals surface area contributed by atoms with Gasteiger partial charge in [0, 0.05) is 17.1 Å². The number of methoxy groups -OCH3 is 1. The summed E-state index contributed by atoms with van der Waals surface area (Å²) in [5.74, 6) is -0.456. The van der Waals surface area contributed by atoms with E-state index in [0.29, 0.717) is 19.4 Å². The van der Waals surface area contributed by atoms with Gasteiger partial charge in [0.15, 0.2) is 0 Å². The molecule has 114 valence electrons. The SMILES string of the molecule is COC(=O)[C@@H]1CCN(C(=O)Cc2cccs2)c2ccccc21. The summed E-state index contributed by atoms with van der Waals surface area (Å²) in [6, 6.07) is 11.5. The van der Waals surface area contributed by atoms with E-state index >= 15 is 0 Å². The van der Waals surface area contributed by atoms with Gasteiger partial charge in [-0.1, -0.05) is 24.3 Å². The van der Waals surface area contributed by atoms with E-state index in [2.05, 4.69) is 0 Å². The number of para-hydroxylation sites is 1. The lowest BCUT2D eigenvalue weighted by molar-refractivity contribution is -0.142. The van der Waals surface area contributed by atoms with Crippen LogP contribution >= 0.6 is 11.3 Å². The molecule has 0 bridgehead atoms. The number of ether oxygens (including phenoxy) is 1. The number of hydrogen-bond donors (Lipinski definition) is 0. The summed E-state index contributed by atoms with van der Waals surface area (Å²) in [5.41, 5.74) is 1.70. The molecular formula is C17H17NO3S. The number of amides is 1. The number of anilines is 1. The lowest BCUT2D eigenvalue weighted by atomic mass is 9.89. The molecule has 1 aliphatic heterocycles. The minimum atomic E-state index is -0.285. The second-order valence-corrected chi connectivity index (χ2v) is 6.26. The summed E-state index contributed by atoms with van der Waals surface area (Å²) in [5, 5.41) is 1.97. The van der Waals surface area contributed by atoms with E-state index in [1.807, 2.05) is 41.8 Å². The molecule has 4 nitrogen and oxygen atoms in total. The Morgan fingerprint density at radius 2 is 2.09 bits per heavy atom. The third-order valence-corrected chi connectivity index (χ3v) is 4.81. The predicted molar refractivity (Wildman–Crippen MR) is 86.2 cm³/mol. The normalized spacial score (nSPS) is 17.0. The summed E-state index contributed by atoms with van der Waals surface area (Å²) >= 11 is 1.58. The molecule has 0 fully saturated rings. The van der Waals surface area contributed by atoms with Crippen molar-refractivity contribution < 1.29 is 14.3 Å². The molecule has 22 heavy (non-hydrogen) atoms. The average Bonchev–Trinajstić information content (AvgIpc) is 3.06. The Balaban J connectivity index is 1.87. The number of nitrogens with zero attached hydrogens (tertiary/aromatic N) is 1. The second-order valence-electron chi connectivity index (χ2n) is 5.22. The molecule has 1 aliphatic rings. The molecule has 1 amide bonds. The van der Waals surface area contributed by atoms with Crippen LogP contribution in [-0.2, 0) is 20.7 Å². The molecule has 0 aliphatic carbocycles. The van der Waals surface area contributed by atoms with E-state index in [-0.39, 0.29) is 17.8 Å². The standard InChI is InChI=1S/C17H17NO3S/c1-21-17(20)14-8-9-18(15-7-3-2-6-13(14)15)16(19)11-12-5-4-10-22-12/h2-7,10,14H,8-9,11H2,1H3/t14-/m1/s1. The van der Waals surface area contributed by atoms with Crippen molar-refractivity contribution in [2.75, 3.05) is 18.6 Å². The van der Waals surface area contributed by atoms with Crippen LogP contribution in [0.3, 0.4) is 0 Å². The van der Waals surface area contributed by atoms with Crippen molar-refractivity contribution in [2.24, 2.45) is 0 Å². The molecule has 1 atom stereocenters. The van der Waals surface area contributed by atoms with E-state index in [1.54, 1.807) is 16.2 Å². The smallest absolute Gasteiger partial charge is 0.313 e. The van der Waals surface area contributed by atoms with Gasteiger partial charge in [-0.2, -0.15) is 0 Å². The van der Waals surface area contributed by atoms with Crippen molar-refractivity contribution in [3.63, 3.8) is 0 Å². The molecule has 0 N–H and O–H groups in total. The largest absolute Gasteiger partial charge is 0.469 e. The molecule has 2 heterocycles. The lowest BCUT2D eigenvalue weighted by Gasteiger charge is -2.33. The molecule has 0 saturated heterocycles. The topological polar surface area (TPSA) is 46.6 Å². The average molecular weight is 315 g/mol. The molecule has 1 aromatic heterocycles. The summed E-state index contributed by atoms with van der Waals surface area (Å²) in [7, 11) is 1.40. The first-order valence-electron chi connectivity index (χ1n) is 7.20. The Bertz CT molecular complexity index is 681. The van der Waals surface area contributed by atoms with Crippen LogP contribution in [0.1, 0.15) is 22.8 Å². The number of carbonyl (C=O) groups is 2. The number of thiophene rings is 1. The first-order chi connectivity index (χ1) is 10.7. The Morgan fingerprint density at radius 1 is 1.27 bits per heavy atom. The van der Waals surface area contributed by atoms with Crippen molar-refractivity contribution in [2.45, 2.75) is 18.8 Å². The number of benzene rings is 1. The number of fused-ring (bicyclic) bond motifs is 1. The highest BCUT2D eigenvalue weighted by molar-refractivity contribution is 7.10. The van der Waals surface area contributed by atoms with Gasteiger partial charge in [0.2, 0.25) is 5.91 Å². The molecule has 2 aromatic rings. The number of hydrogen-bond acceptors (Lipinski definition) is 4. The summed E-state index contributed by atoms with van der Waals surface area (Å²) in [6.45, 7) is 0.543. The zero-order valence-corrected chi connectivity index (χ0v) is 13.1. The fraction of sp³-hybridized carbons (Fsp3) is 0.294. The zero-order valence-electron chi connectivity index (χ0n) is 12.3. The third-order valence-electron chi connectivity index (χ3n) is 3.94. The molecule has 0 saturated carbocycles. The minimum absolute atomic E-state index is 0.0678. The highest BCUT2D eigenvalue weighted by Crippen LogP contribution is 2.36. The van der Waals surface area contributed by atoms with Crippen LogP contribution in [0.15, 0.2) is 41.8 Å². The summed E-state index contributed by atoms with van der Waals surface area (Å²) < 4.78 is 4.89. The van der Waals surface area contributed by atoms with Gasteiger partial charge >= 0.3 is 5.97 Å². The molecular weight excluding hydrogens is 298 g/mol. The number of esters is 1. The highest BCUT2D eigenvalue weighted by Gasteiger charge is 2.32. The van der Waals surface area contributed by atoms with Gasteiger partial charge in [0.1, 0.15) is 0 Å². The predicted octanol–water partition coefficient (Wildman–Crippen LogP) is 2.98. The number of carbonyl (C=O) groups excluding carboxylic acids is 2. The second kappa shape index (κ2) is 6.32. The highest BCUT2D eigenvalue weighted by atomic mass is 32.1. The van der Waals surface area contributed by atoms with Crippen molar-refractivity contribution >= 4 is 28.9 Å².